The van der Waals surface area contributed by atoms with E-state index in [0.29, 0.717) is 0 Å². The van der Waals surface area contributed by atoms with E-state index in [1.54, 1.807) is 0 Å². The third kappa shape index (κ3) is 1.72. The molecule has 0 unspecified atom stereocenters. The fourth-order valence-corrected chi connectivity index (χ4v) is 2.55. The van der Waals surface area contributed by atoms with Gasteiger partial charge in [0.2, 0.25) is 0 Å². The maximum atomic E-state index is 4.18. The topological polar surface area (TPSA) is 12.9 Å². The number of benzene rings is 1. The van der Waals surface area contributed by atoms with E-state index < -0.39 is 0 Å². The van der Waals surface area contributed by atoms with Crippen molar-refractivity contribution in [2.45, 2.75) is 6.92 Å². The van der Waals surface area contributed by atoms with Gasteiger partial charge in [-0.2, -0.15) is 0 Å². The lowest BCUT2D eigenvalue weighted by Gasteiger charge is -2.03. The summed E-state index contributed by atoms with van der Waals surface area (Å²) < 4.78 is 2.32. The van der Waals surface area contributed by atoms with E-state index in [1.165, 1.54) is 19.9 Å². The van der Waals surface area contributed by atoms with Crippen molar-refractivity contribution < 1.29 is 0 Å². The molecule has 0 fully saturated rings. The monoisotopic (exact) mass is 347 g/mol. The molecule has 0 atom stereocenters. The standard InChI is InChI=1S/C10H7BrIN/c1-6-2-7(11)3-8-9(6)4-13-5-10(8)12/h2-5H,1H3. The first-order chi connectivity index (χ1) is 6.18. The van der Waals surface area contributed by atoms with Gasteiger partial charge in [-0.05, 0) is 52.6 Å². The number of aromatic nitrogens is 1. The fourth-order valence-electron chi connectivity index (χ4n) is 1.37. The second kappa shape index (κ2) is 3.53. The van der Waals surface area contributed by atoms with Gasteiger partial charge in [0.05, 0.1) is 0 Å². The van der Waals surface area contributed by atoms with Crippen LogP contribution in [0.25, 0.3) is 10.8 Å². The molecule has 0 bridgehead atoms. The fraction of sp³-hybridized carbons (Fsp3) is 0.100. The van der Waals surface area contributed by atoms with Crippen LogP contribution in [0, 0.1) is 10.5 Å². The van der Waals surface area contributed by atoms with Crippen LogP contribution < -0.4 is 0 Å². The molecule has 0 aliphatic carbocycles. The van der Waals surface area contributed by atoms with Crippen molar-refractivity contribution >= 4 is 49.3 Å². The van der Waals surface area contributed by atoms with Crippen LogP contribution in [0.5, 0.6) is 0 Å². The van der Waals surface area contributed by atoms with Gasteiger partial charge in [0, 0.05) is 25.8 Å². The van der Waals surface area contributed by atoms with Gasteiger partial charge in [-0.3, -0.25) is 4.98 Å². The molecule has 0 aliphatic rings. The van der Waals surface area contributed by atoms with E-state index in [1.807, 2.05) is 12.4 Å². The zero-order chi connectivity index (χ0) is 9.42. The van der Waals surface area contributed by atoms with Crippen molar-refractivity contribution in [2.24, 2.45) is 0 Å². The lowest BCUT2D eigenvalue weighted by Crippen LogP contribution is -1.84. The van der Waals surface area contributed by atoms with Crippen LogP contribution >= 0.6 is 38.5 Å². The van der Waals surface area contributed by atoms with E-state index in [2.05, 4.69) is 62.6 Å². The van der Waals surface area contributed by atoms with E-state index in [9.17, 15) is 0 Å². The highest BCUT2D eigenvalue weighted by atomic mass is 127. The third-order valence-corrected chi connectivity index (χ3v) is 3.32. The Bertz CT molecular complexity index is 468. The molecule has 1 nitrogen and oxygen atoms in total. The summed E-state index contributed by atoms with van der Waals surface area (Å²) in [6.45, 7) is 2.10. The molecular weight excluding hydrogens is 341 g/mol. The quantitative estimate of drug-likeness (QED) is 0.658. The Labute approximate surface area is 98.8 Å². The molecular formula is C10H7BrIN. The smallest absolute Gasteiger partial charge is 0.0408 e. The molecule has 0 N–H and O–H groups in total. The molecule has 1 aromatic heterocycles. The van der Waals surface area contributed by atoms with Gasteiger partial charge in [-0.25, -0.2) is 0 Å². The van der Waals surface area contributed by atoms with Crippen molar-refractivity contribution in [3.63, 3.8) is 0 Å². The number of halogens is 2. The Hall–Kier alpha value is -0.160. The lowest BCUT2D eigenvalue weighted by atomic mass is 10.1. The first-order valence-corrected chi connectivity index (χ1v) is 5.75. The van der Waals surface area contributed by atoms with Crippen molar-refractivity contribution in [3.8, 4) is 0 Å². The third-order valence-electron chi connectivity index (χ3n) is 2.00. The molecule has 2 rings (SSSR count). The second-order valence-electron chi connectivity index (χ2n) is 2.94. The summed E-state index contributed by atoms with van der Waals surface area (Å²) in [6.07, 6.45) is 3.80. The summed E-state index contributed by atoms with van der Waals surface area (Å²) >= 11 is 5.80. The predicted molar refractivity (Wildman–Crippen MR) is 66.9 cm³/mol. The number of rotatable bonds is 0. The minimum absolute atomic E-state index is 1.13. The zero-order valence-electron chi connectivity index (χ0n) is 7.01. The molecule has 0 radical (unpaired) electrons. The molecule has 66 valence electrons. The predicted octanol–water partition coefficient (Wildman–Crippen LogP) is 3.91. The van der Waals surface area contributed by atoms with Gasteiger partial charge >= 0.3 is 0 Å². The van der Waals surface area contributed by atoms with E-state index in [-0.39, 0.29) is 0 Å². The van der Waals surface area contributed by atoms with Gasteiger partial charge in [-0.15, -0.1) is 0 Å². The number of pyridine rings is 1. The molecule has 1 heterocycles. The SMILES string of the molecule is Cc1cc(Br)cc2c(I)cncc12. The van der Waals surface area contributed by atoms with Crippen LogP contribution in [0.3, 0.4) is 0 Å². The van der Waals surface area contributed by atoms with E-state index >= 15 is 0 Å². The van der Waals surface area contributed by atoms with Crippen molar-refractivity contribution in [2.75, 3.05) is 0 Å². The van der Waals surface area contributed by atoms with Crippen LogP contribution in [0.2, 0.25) is 0 Å². The van der Waals surface area contributed by atoms with Crippen LogP contribution in [-0.2, 0) is 0 Å². The minimum Gasteiger partial charge on any atom is -0.263 e. The number of aryl methyl sites for hydroxylation is 1. The van der Waals surface area contributed by atoms with Gasteiger partial charge in [0.15, 0.2) is 0 Å². The normalized spacial score (nSPS) is 10.7. The Morgan fingerprint density at radius 2 is 2.00 bits per heavy atom. The number of nitrogens with zero attached hydrogens (tertiary/aromatic N) is 1. The maximum Gasteiger partial charge on any atom is 0.0408 e. The molecule has 2 aromatic rings. The zero-order valence-corrected chi connectivity index (χ0v) is 10.8. The highest BCUT2D eigenvalue weighted by Gasteiger charge is 2.02. The largest absolute Gasteiger partial charge is 0.263 e. The van der Waals surface area contributed by atoms with Gasteiger partial charge in [0.1, 0.15) is 0 Å². The molecule has 1 aromatic carbocycles. The van der Waals surface area contributed by atoms with Crippen LogP contribution in [0.1, 0.15) is 5.56 Å². The van der Waals surface area contributed by atoms with Crippen molar-refractivity contribution in [1.29, 1.82) is 0 Å². The van der Waals surface area contributed by atoms with Crippen molar-refractivity contribution in [1.82, 2.24) is 4.98 Å². The molecule has 0 spiro atoms. The first-order valence-electron chi connectivity index (χ1n) is 3.88. The summed E-state index contributed by atoms with van der Waals surface area (Å²) in [6, 6.07) is 4.24. The molecule has 3 heteroatoms. The number of hydrogen-bond acceptors (Lipinski definition) is 1. The minimum atomic E-state index is 1.13. The van der Waals surface area contributed by atoms with Gasteiger partial charge < -0.3 is 0 Å². The summed E-state index contributed by atoms with van der Waals surface area (Å²) in [5.74, 6) is 0. The van der Waals surface area contributed by atoms with Crippen LogP contribution in [0.15, 0.2) is 29.0 Å². The molecule has 0 saturated heterocycles. The Morgan fingerprint density at radius 3 is 2.77 bits per heavy atom. The lowest BCUT2D eigenvalue weighted by molar-refractivity contribution is 1.33. The Balaban J connectivity index is 2.94. The first kappa shape index (κ1) is 9.40. The summed E-state index contributed by atoms with van der Waals surface area (Å²) in [5, 5.41) is 2.50. The molecule has 13 heavy (non-hydrogen) atoms. The van der Waals surface area contributed by atoms with E-state index in [4.69, 9.17) is 0 Å². The molecule has 0 saturated carbocycles. The molecule has 0 amide bonds. The van der Waals surface area contributed by atoms with Crippen LogP contribution in [-0.4, -0.2) is 4.98 Å². The van der Waals surface area contributed by atoms with Crippen LogP contribution in [0.4, 0.5) is 0 Å². The number of hydrogen-bond donors (Lipinski definition) is 0. The van der Waals surface area contributed by atoms with Crippen molar-refractivity contribution in [3.05, 3.63) is 38.1 Å². The highest BCUT2D eigenvalue weighted by molar-refractivity contribution is 14.1. The van der Waals surface area contributed by atoms with E-state index in [0.717, 1.165) is 4.47 Å². The summed E-state index contributed by atoms with van der Waals surface area (Å²) in [4.78, 5) is 4.18. The Kier molecular flexibility index (Phi) is 2.55. The average Bonchev–Trinajstić information content (AvgIpc) is 2.07. The second-order valence-corrected chi connectivity index (χ2v) is 5.02. The highest BCUT2D eigenvalue weighted by Crippen LogP contribution is 2.26. The maximum absolute atomic E-state index is 4.18. The van der Waals surface area contributed by atoms with Gasteiger partial charge in [-0.1, -0.05) is 15.9 Å². The Morgan fingerprint density at radius 1 is 1.23 bits per heavy atom. The van der Waals surface area contributed by atoms with Gasteiger partial charge in [0.25, 0.3) is 0 Å². The summed E-state index contributed by atoms with van der Waals surface area (Å²) in [7, 11) is 0. The molecule has 0 aliphatic heterocycles. The number of fused-ring (bicyclic) bond motifs is 1. The average molecular weight is 348 g/mol. The summed E-state index contributed by atoms with van der Waals surface area (Å²) in [5.41, 5.74) is 1.26.